The Kier molecular flexibility index (Phi) is 7.62. The number of carbonyl (C=O) groups excluding carboxylic acids is 1. The van der Waals surface area contributed by atoms with Gasteiger partial charge in [-0.3, -0.25) is 9.59 Å². The summed E-state index contributed by atoms with van der Waals surface area (Å²) in [6.07, 6.45) is 2.62. The summed E-state index contributed by atoms with van der Waals surface area (Å²) < 4.78 is 0. The molecule has 5 heteroatoms. The Hall–Kier alpha value is -1.10. The number of carboxylic acid groups (broad SMARTS) is 1. The minimum absolute atomic E-state index is 0.00587. The van der Waals surface area contributed by atoms with Crippen LogP contribution in [0.1, 0.15) is 32.6 Å². The first-order chi connectivity index (χ1) is 7.10. The molecule has 0 saturated carbocycles. The standard InChI is InChI=1S/C10H20N2O3/c1-2-8(3-4-10(14)15)5-6-12-9(13)7-11/h8H,2-7,11H2,1H3,(H,12,13)(H,14,15). The summed E-state index contributed by atoms with van der Waals surface area (Å²) in [6, 6.07) is 0. The quantitative estimate of drug-likeness (QED) is 0.545. The van der Waals surface area contributed by atoms with Crippen LogP contribution in [0.3, 0.4) is 0 Å². The van der Waals surface area contributed by atoms with Crippen molar-refractivity contribution in [3.05, 3.63) is 0 Å². The average Bonchev–Trinajstić information content (AvgIpc) is 2.22. The first-order valence-electron chi connectivity index (χ1n) is 5.28. The highest BCUT2D eigenvalue weighted by atomic mass is 16.4. The van der Waals surface area contributed by atoms with Gasteiger partial charge >= 0.3 is 5.97 Å². The molecule has 1 amide bonds. The van der Waals surface area contributed by atoms with E-state index in [-0.39, 0.29) is 18.9 Å². The van der Waals surface area contributed by atoms with E-state index in [4.69, 9.17) is 10.8 Å². The summed E-state index contributed by atoms with van der Waals surface area (Å²) in [5.74, 6) is -0.568. The number of aliphatic carboxylic acids is 1. The van der Waals surface area contributed by atoms with Gasteiger partial charge in [0.05, 0.1) is 6.54 Å². The number of hydrogen-bond donors (Lipinski definition) is 3. The molecule has 0 saturated heterocycles. The maximum atomic E-state index is 10.8. The van der Waals surface area contributed by atoms with E-state index >= 15 is 0 Å². The van der Waals surface area contributed by atoms with E-state index < -0.39 is 5.97 Å². The lowest BCUT2D eigenvalue weighted by molar-refractivity contribution is -0.137. The molecule has 0 radical (unpaired) electrons. The van der Waals surface area contributed by atoms with Gasteiger partial charge in [0.1, 0.15) is 0 Å². The van der Waals surface area contributed by atoms with Crippen LogP contribution in [0.15, 0.2) is 0 Å². The number of amides is 1. The van der Waals surface area contributed by atoms with Gasteiger partial charge in [-0.15, -0.1) is 0 Å². The van der Waals surface area contributed by atoms with Gasteiger partial charge in [-0.1, -0.05) is 13.3 Å². The maximum Gasteiger partial charge on any atom is 0.303 e. The zero-order valence-electron chi connectivity index (χ0n) is 9.16. The first kappa shape index (κ1) is 13.9. The Balaban J connectivity index is 3.61. The zero-order valence-corrected chi connectivity index (χ0v) is 9.16. The predicted molar refractivity (Wildman–Crippen MR) is 57.3 cm³/mol. The van der Waals surface area contributed by atoms with Gasteiger partial charge in [0.2, 0.25) is 5.91 Å². The van der Waals surface area contributed by atoms with Crippen molar-refractivity contribution in [3.63, 3.8) is 0 Å². The smallest absolute Gasteiger partial charge is 0.303 e. The van der Waals surface area contributed by atoms with E-state index in [1.807, 2.05) is 6.92 Å². The van der Waals surface area contributed by atoms with E-state index in [0.717, 1.165) is 12.8 Å². The van der Waals surface area contributed by atoms with Gasteiger partial charge in [0, 0.05) is 13.0 Å². The molecule has 0 aliphatic carbocycles. The number of hydrogen-bond acceptors (Lipinski definition) is 3. The van der Waals surface area contributed by atoms with E-state index in [2.05, 4.69) is 5.32 Å². The van der Waals surface area contributed by atoms with Crippen molar-refractivity contribution in [2.45, 2.75) is 32.6 Å². The molecule has 0 aromatic carbocycles. The molecule has 1 unspecified atom stereocenters. The van der Waals surface area contributed by atoms with E-state index in [1.165, 1.54) is 0 Å². The van der Waals surface area contributed by atoms with Crippen molar-refractivity contribution in [2.24, 2.45) is 11.7 Å². The van der Waals surface area contributed by atoms with E-state index in [0.29, 0.717) is 18.9 Å². The molecule has 1 atom stereocenters. The molecule has 0 aromatic heterocycles. The summed E-state index contributed by atoms with van der Waals surface area (Å²) in [5, 5.41) is 11.2. The van der Waals surface area contributed by atoms with Crippen LogP contribution < -0.4 is 11.1 Å². The lowest BCUT2D eigenvalue weighted by atomic mass is 9.97. The van der Waals surface area contributed by atoms with Crippen molar-refractivity contribution >= 4 is 11.9 Å². The van der Waals surface area contributed by atoms with Gasteiger partial charge in [-0.25, -0.2) is 0 Å². The third-order valence-corrected chi connectivity index (χ3v) is 2.40. The zero-order chi connectivity index (χ0) is 11.7. The fourth-order valence-corrected chi connectivity index (χ4v) is 1.37. The van der Waals surface area contributed by atoms with Crippen molar-refractivity contribution in [2.75, 3.05) is 13.1 Å². The van der Waals surface area contributed by atoms with Crippen LogP contribution in [0.5, 0.6) is 0 Å². The minimum Gasteiger partial charge on any atom is -0.481 e. The molecule has 0 aromatic rings. The van der Waals surface area contributed by atoms with Crippen molar-refractivity contribution in [1.29, 1.82) is 0 Å². The summed E-state index contributed by atoms with van der Waals surface area (Å²) in [4.78, 5) is 21.2. The van der Waals surface area contributed by atoms with Crippen LogP contribution in [-0.2, 0) is 9.59 Å². The Morgan fingerprint density at radius 2 is 2.07 bits per heavy atom. The molecular weight excluding hydrogens is 196 g/mol. The Bertz CT molecular complexity index is 207. The highest BCUT2D eigenvalue weighted by Crippen LogP contribution is 2.14. The van der Waals surface area contributed by atoms with Gasteiger partial charge < -0.3 is 16.2 Å². The van der Waals surface area contributed by atoms with Crippen LogP contribution in [0.2, 0.25) is 0 Å². The van der Waals surface area contributed by atoms with Crippen LogP contribution in [0.4, 0.5) is 0 Å². The van der Waals surface area contributed by atoms with Crippen LogP contribution in [0.25, 0.3) is 0 Å². The molecule has 0 aliphatic rings. The fourth-order valence-electron chi connectivity index (χ4n) is 1.37. The van der Waals surface area contributed by atoms with Crippen molar-refractivity contribution < 1.29 is 14.7 Å². The highest BCUT2D eigenvalue weighted by Gasteiger charge is 2.09. The Labute approximate surface area is 90.0 Å². The van der Waals surface area contributed by atoms with E-state index in [9.17, 15) is 9.59 Å². The summed E-state index contributed by atoms with van der Waals surface area (Å²) in [5.41, 5.74) is 5.13. The molecule has 0 bridgehead atoms. The average molecular weight is 216 g/mol. The van der Waals surface area contributed by atoms with Crippen LogP contribution in [-0.4, -0.2) is 30.1 Å². The van der Waals surface area contributed by atoms with Crippen molar-refractivity contribution in [3.8, 4) is 0 Å². The van der Waals surface area contributed by atoms with E-state index in [1.54, 1.807) is 0 Å². The second-order valence-electron chi connectivity index (χ2n) is 3.55. The fraction of sp³-hybridized carbons (Fsp3) is 0.800. The topological polar surface area (TPSA) is 92.4 Å². The highest BCUT2D eigenvalue weighted by molar-refractivity contribution is 5.77. The maximum absolute atomic E-state index is 10.8. The molecular formula is C10H20N2O3. The van der Waals surface area contributed by atoms with Gasteiger partial charge in [0.15, 0.2) is 0 Å². The van der Waals surface area contributed by atoms with Gasteiger partial charge in [0.25, 0.3) is 0 Å². The molecule has 0 rings (SSSR count). The van der Waals surface area contributed by atoms with Crippen molar-refractivity contribution in [1.82, 2.24) is 5.32 Å². The van der Waals surface area contributed by atoms with Crippen LogP contribution in [0, 0.1) is 5.92 Å². The summed E-state index contributed by atoms with van der Waals surface area (Å²) in [7, 11) is 0. The van der Waals surface area contributed by atoms with Gasteiger partial charge in [-0.2, -0.15) is 0 Å². The van der Waals surface area contributed by atoms with Crippen LogP contribution >= 0.6 is 0 Å². The third kappa shape index (κ3) is 7.93. The SMILES string of the molecule is CCC(CCNC(=O)CN)CCC(=O)O. The summed E-state index contributed by atoms with van der Waals surface area (Å²) >= 11 is 0. The number of rotatable bonds is 8. The Morgan fingerprint density at radius 3 is 2.53 bits per heavy atom. The number of carboxylic acids is 1. The molecule has 5 nitrogen and oxygen atoms in total. The predicted octanol–water partition coefficient (Wildman–Crippen LogP) is 0.342. The molecule has 0 fully saturated rings. The normalized spacial score (nSPS) is 12.1. The Morgan fingerprint density at radius 1 is 1.40 bits per heavy atom. The lowest BCUT2D eigenvalue weighted by Gasteiger charge is -2.13. The molecule has 0 aliphatic heterocycles. The largest absolute Gasteiger partial charge is 0.481 e. The minimum atomic E-state index is -0.764. The van der Waals surface area contributed by atoms with Gasteiger partial charge in [-0.05, 0) is 18.8 Å². The molecule has 88 valence electrons. The lowest BCUT2D eigenvalue weighted by Crippen LogP contribution is -2.31. The molecule has 0 spiro atoms. The number of nitrogens with two attached hydrogens (primary N) is 1. The molecule has 4 N–H and O–H groups in total. The second kappa shape index (κ2) is 8.23. The second-order valence-corrected chi connectivity index (χ2v) is 3.55. The molecule has 0 heterocycles. The summed E-state index contributed by atoms with van der Waals surface area (Å²) in [6.45, 7) is 2.61. The molecule has 15 heavy (non-hydrogen) atoms. The monoisotopic (exact) mass is 216 g/mol. The number of nitrogens with one attached hydrogen (secondary N) is 1. The number of carbonyl (C=O) groups is 2. The third-order valence-electron chi connectivity index (χ3n) is 2.40. The first-order valence-corrected chi connectivity index (χ1v) is 5.28.